The molecule has 0 aliphatic rings. The average molecular weight is 503 g/mol. The molecule has 5 heteroatoms. The monoisotopic (exact) mass is 502 g/mol. The molecular formula is C32H42N2O3. The van der Waals surface area contributed by atoms with Crippen molar-refractivity contribution in [3.05, 3.63) is 83.9 Å². The van der Waals surface area contributed by atoms with E-state index in [-0.39, 0.29) is 17.9 Å². The zero-order valence-electron chi connectivity index (χ0n) is 22.7. The predicted molar refractivity (Wildman–Crippen MR) is 153 cm³/mol. The second kappa shape index (κ2) is 13.8. The number of carboxylic acids is 1. The van der Waals surface area contributed by atoms with E-state index >= 15 is 0 Å². The molecule has 0 bridgehead atoms. The molecule has 3 aromatic carbocycles. The minimum atomic E-state index is -0.783. The lowest BCUT2D eigenvalue weighted by molar-refractivity contribution is -0.136. The van der Waals surface area contributed by atoms with Crippen molar-refractivity contribution in [1.29, 1.82) is 0 Å². The number of benzene rings is 3. The van der Waals surface area contributed by atoms with Crippen LogP contribution in [0.4, 0.5) is 5.69 Å². The molecule has 198 valence electrons. The second-order valence-electron chi connectivity index (χ2n) is 10.7. The standard InChI is InChI=1S/C32H42N2O3/c1-5-6-7-29(34-28-16-8-24(9-17-28)22-33-21-20-31(35)36)23-37-30-18-12-26(13-19-30)25-10-14-27(15-11-25)32(2,3)4/h8-19,29,33-34H,5-7,20-23H2,1-4H3,(H,35,36)/t29-/m0/s1. The number of hydrogen-bond donors (Lipinski definition) is 3. The number of unbranched alkanes of at least 4 members (excludes halogenated alkanes) is 1. The van der Waals surface area contributed by atoms with Crippen LogP contribution in [-0.2, 0) is 16.8 Å². The van der Waals surface area contributed by atoms with Crippen LogP contribution in [0, 0.1) is 0 Å². The predicted octanol–water partition coefficient (Wildman–Crippen LogP) is 7.27. The van der Waals surface area contributed by atoms with Crippen molar-refractivity contribution in [3.63, 3.8) is 0 Å². The van der Waals surface area contributed by atoms with Crippen molar-refractivity contribution in [3.8, 4) is 16.9 Å². The summed E-state index contributed by atoms with van der Waals surface area (Å²) in [4.78, 5) is 10.6. The molecule has 0 aliphatic heterocycles. The largest absolute Gasteiger partial charge is 0.491 e. The summed E-state index contributed by atoms with van der Waals surface area (Å²) in [5.74, 6) is 0.0929. The van der Waals surface area contributed by atoms with E-state index in [9.17, 15) is 4.79 Å². The molecule has 5 nitrogen and oxygen atoms in total. The number of carboxylic acid groups (broad SMARTS) is 1. The van der Waals surface area contributed by atoms with Gasteiger partial charge in [-0.05, 0) is 58.4 Å². The van der Waals surface area contributed by atoms with Gasteiger partial charge in [0.1, 0.15) is 12.4 Å². The summed E-state index contributed by atoms with van der Waals surface area (Å²) < 4.78 is 6.18. The molecule has 0 fully saturated rings. The van der Waals surface area contributed by atoms with Gasteiger partial charge in [-0.25, -0.2) is 0 Å². The molecule has 0 radical (unpaired) electrons. The van der Waals surface area contributed by atoms with E-state index in [0.717, 1.165) is 36.3 Å². The van der Waals surface area contributed by atoms with Crippen molar-refractivity contribution < 1.29 is 14.6 Å². The molecule has 1 atom stereocenters. The Morgan fingerprint density at radius 1 is 0.919 bits per heavy atom. The Balaban J connectivity index is 1.53. The van der Waals surface area contributed by atoms with E-state index < -0.39 is 5.97 Å². The van der Waals surface area contributed by atoms with Gasteiger partial charge >= 0.3 is 5.97 Å². The highest BCUT2D eigenvalue weighted by Crippen LogP contribution is 2.27. The summed E-state index contributed by atoms with van der Waals surface area (Å²) in [7, 11) is 0. The fourth-order valence-corrected chi connectivity index (χ4v) is 4.13. The van der Waals surface area contributed by atoms with Gasteiger partial charge in [0.05, 0.1) is 12.5 Å². The molecule has 37 heavy (non-hydrogen) atoms. The normalized spacial score (nSPS) is 12.2. The van der Waals surface area contributed by atoms with Gasteiger partial charge in [-0.2, -0.15) is 0 Å². The molecule has 0 saturated heterocycles. The van der Waals surface area contributed by atoms with Gasteiger partial charge in [-0.15, -0.1) is 0 Å². The van der Waals surface area contributed by atoms with Crippen LogP contribution >= 0.6 is 0 Å². The topological polar surface area (TPSA) is 70.6 Å². The van der Waals surface area contributed by atoms with Crippen molar-refractivity contribution in [2.24, 2.45) is 0 Å². The SMILES string of the molecule is CCCC[C@@H](COc1ccc(-c2ccc(C(C)(C)C)cc2)cc1)Nc1ccc(CNCCC(=O)O)cc1. The molecule has 0 aromatic heterocycles. The molecule has 3 N–H and O–H groups in total. The summed E-state index contributed by atoms with van der Waals surface area (Å²) in [6.45, 7) is 10.6. The van der Waals surface area contributed by atoms with E-state index in [2.05, 4.69) is 111 Å². The summed E-state index contributed by atoms with van der Waals surface area (Å²) in [6.07, 6.45) is 3.44. The van der Waals surface area contributed by atoms with Crippen LogP contribution < -0.4 is 15.4 Å². The summed E-state index contributed by atoms with van der Waals surface area (Å²) >= 11 is 0. The van der Waals surface area contributed by atoms with Gasteiger partial charge < -0.3 is 20.5 Å². The lowest BCUT2D eigenvalue weighted by Gasteiger charge is -2.21. The van der Waals surface area contributed by atoms with E-state index in [0.29, 0.717) is 19.7 Å². The highest BCUT2D eigenvalue weighted by Gasteiger charge is 2.13. The summed E-state index contributed by atoms with van der Waals surface area (Å²) in [5, 5.41) is 15.5. The molecular weight excluding hydrogens is 460 g/mol. The number of nitrogens with one attached hydrogen (secondary N) is 2. The minimum absolute atomic E-state index is 0.131. The summed E-state index contributed by atoms with van der Waals surface area (Å²) in [5.41, 5.74) is 6.08. The molecule has 0 aliphatic carbocycles. The summed E-state index contributed by atoms with van der Waals surface area (Å²) in [6, 6.07) is 25.7. The number of hydrogen-bond acceptors (Lipinski definition) is 4. The molecule has 0 unspecified atom stereocenters. The number of carbonyl (C=O) groups is 1. The molecule has 0 amide bonds. The van der Waals surface area contributed by atoms with Crippen LogP contribution in [0.1, 0.15) is 64.5 Å². The first-order chi connectivity index (χ1) is 17.7. The van der Waals surface area contributed by atoms with Crippen LogP contribution in [0.15, 0.2) is 72.8 Å². The highest BCUT2D eigenvalue weighted by atomic mass is 16.5. The molecule has 3 rings (SSSR count). The first-order valence-corrected chi connectivity index (χ1v) is 13.4. The van der Waals surface area contributed by atoms with Crippen LogP contribution in [0.25, 0.3) is 11.1 Å². The Bertz CT molecular complexity index is 1080. The Morgan fingerprint density at radius 3 is 2.11 bits per heavy atom. The Labute approximate surface area is 222 Å². The van der Waals surface area contributed by atoms with Crippen molar-refractivity contribution in [2.75, 3.05) is 18.5 Å². The Kier molecular flexibility index (Phi) is 10.6. The number of anilines is 1. The number of rotatable bonds is 14. The quantitative estimate of drug-likeness (QED) is 0.202. The third kappa shape index (κ3) is 9.58. The van der Waals surface area contributed by atoms with E-state index in [1.165, 1.54) is 16.7 Å². The van der Waals surface area contributed by atoms with E-state index in [1.807, 2.05) is 0 Å². The molecule has 0 spiro atoms. The zero-order valence-corrected chi connectivity index (χ0v) is 22.7. The first kappa shape index (κ1) is 28.3. The highest BCUT2D eigenvalue weighted by molar-refractivity contribution is 5.67. The molecule has 0 saturated carbocycles. The van der Waals surface area contributed by atoms with Crippen LogP contribution in [0.2, 0.25) is 0 Å². The Hall–Kier alpha value is -3.31. The Morgan fingerprint density at radius 2 is 1.54 bits per heavy atom. The van der Waals surface area contributed by atoms with Gasteiger partial charge in [0.2, 0.25) is 0 Å². The average Bonchev–Trinajstić information content (AvgIpc) is 2.89. The van der Waals surface area contributed by atoms with Gasteiger partial charge in [0.25, 0.3) is 0 Å². The maximum absolute atomic E-state index is 10.6. The van der Waals surface area contributed by atoms with E-state index in [1.54, 1.807) is 0 Å². The minimum Gasteiger partial charge on any atom is -0.491 e. The van der Waals surface area contributed by atoms with E-state index in [4.69, 9.17) is 9.84 Å². The number of aliphatic carboxylic acids is 1. The van der Waals surface area contributed by atoms with Crippen LogP contribution in [-0.4, -0.2) is 30.3 Å². The third-order valence-electron chi connectivity index (χ3n) is 6.47. The van der Waals surface area contributed by atoms with Gasteiger partial charge in [0, 0.05) is 18.8 Å². The van der Waals surface area contributed by atoms with Crippen molar-refractivity contribution >= 4 is 11.7 Å². The lowest BCUT2D eigenvalue weighted by atomic mass is 9.86. The van der Waals surface area contributed by atoms with Gasteiger partial charge in [0.15, 0.2) is 0 Å². The first-order valence-electron chi connectivity index (χ1n) is 13.4. The number of ether oxygens (including phenoxy) is 1. The zero-order chi connectivity index (χ0) is 26.7. The fraction of sp³-hybridized carbons (Fsp3) is 0.406. The lowest BCUT2D eigenvalue weighted by Crippen LogP contribution is -2.27. The fourth-order valence-electron chi connectivity index (χ4n) is 4.13. The van der Waals surface area contributed by atoms with Gasteiger partial charge in [-0.3, -0.25) is 4.79 Å². The van der Waals surface area contributed by atoms with Crippen LogP contribution in [0.5, 0.6) is 5.75 Å². The smallest absolute Gasteiger partial charge is 0.304 e. The van der Waals surface area contributed by atoms with Crippen molar-refractivity contribution in [2.45, 2.75) is 71.4 Å². The van der Waals surface area contributed by atoms with Crippen LogP contribution in [0.3, 0.4) is 0 Å². The molecule has 0 heterocycles. The maximum Gasteiger partial charge on any atom is 0.304 e. The third-order valence-corrected chi connectivity index (χ3v) is 6.47. The maximum atomic E-state index is 10.6. The second-order valence-corrected chi connectivity index (χ2v) is 10.7. The van der Waals surface area contributed by atoms with Gasteiger partial charge in [-0.1, -0.05) is 89.1 Å². The van der Waals surface area contributed by atoms with Crippen molar-refractivity contribution in [1.82, 2.24) is 5.32 Å². The molecule has 3 aromatic rings.